The van der Waals surface area contributed by atoms with Crippen LogP contribution in [-0.2, 0) is 4.74 Å². The number of ether oxygens (including phenoxy) is 1. The van der Waals surface area contributed by atoms with Crippen molar-refractivity contribution in [2.24, 2.45) is 0 Å². The van der Waals surface area contributed by atoms with E-state index in [4.69, 9.17) is 16.3 Å². The molecule has 6 heteroatoms. The molecular formula is C11H14ClNO4. The summed E-state index contributed by atoms with van der Waals surface area (Å²) in [4.78, 5) is 0. The molecule has 0 aliphatic carbocycles. The van der Waals surface area contributed by atoms with E-state index in [1.54, 1.807) is 24.3 Å². The van der Waals surface area contributed by atoms with Gasteiger partial charge in [0.05, 0.1) is 6.61 Å². The maximum Gasteiger partial charge on any atom is 0.156 e. The first-order chi connectivity index (χ1) is 8.08. The Kier molecular flexibility index (Phi) is 3.86. The highest BCUT2D eigenvalue weighted by Gasteiger charge is 2.37. The Labute approximate surface area is 104 Å². The van der Waals surface area contributed by atoms with Crippen LogP contribution in [0.2, 0.25) is 5.02 Å². The Morgan fingerprint density at radius 2 is 1.76 bits per heavy atom. The van der Waals surface area contributed by atoms with E-state index in [2.05, 4.69) is 5.32 Å². The quantitative estimate of drug-likeness (QED) is 0.610. The molecule has 1 saturated heterocycles. The highest BCUT2D eigenvalue weighted by molar-refractivity contribution is 6.30. The van der Waals surface area contributed by atoms with E-state index >= 15 is 0 Å². The van der Waals surface area contributed by atoms with Gasteiger partial charge in [0.1, 0.15) is 18.3 Å². The lowest BCUT2D eigenvalue weighted by atomic mass is 10.0. The van der Waals surface area contributed by atoms with Crippen LogP contribution in [0.3, 0.4) is 0 Å². The van der Waals surface area contributed by atoms with E-state index in [1.165, 1.54) is 0 Å². The fourth-order valence-corrected chi connectivity index (χ4v) is 1.77. The molecule has 2 rings (SSSR count). The van der Waals surface area contributed by atoms with E-state index in [0.717, 1.165) is 0 Å². The van der Waals surface area contributed by atoms with Crippen molar-refractivity contribution < 1.29 is 20.1 Å². The summed E-state index contributed by atoms with van der Waals surface area (Å²) in [6, 6.07) is 6.86. The molecule has 4 N–H and O–H groups in total. The van der Waals surface area contributed by atoms with Crippen LogP contribution in [0.4, 0.5) is 5.69 Å². The van der Waals surface area contributed by atoms with E-state index in [1.807, 2.05) is 0 Å². The first kappa shape index (κ1) is 12.6. The zero-order valence-corrected chi connectivity index (χ0v) is 9.71. The third-order valence-electron chi connectivity index (χ3n) is 2.65. The molecule has 0 aromatic heterocycles. The maximum absolute atomic E-state index is 9.70. The van der Waals surface area contributed by atoms with Gasteiger partial charge in [-0.3, -0.25) is 0 Å². The number of aliphatic hydroxyl groups is 3. The van der Waals surface area contributed by atoms with Crippen molar-refractivity contribution in [3.63, 3.8) is 0 Å². The SMILES string of the molecule is OC1COC(Nc2ccc(Cl)cc2)C(O)C1O. The highest BCUT2D eigenvalue weighted by atomic mass is 35.5. The van der Waals surface area contributed by atoms with Crippen LogP contribution < -0.4 is 5.32 Å². The van der Waals surface area contributed by atoms with Gasteiger partial charge in [-0.25, -0.2) is 0 Å². The highest BCUT2D eigenvalue weighted by Crippen LogP contribution is 2.19. The molecule has 0 radical (unpaired) electrons. The van der Waals surface area contributed by atoms with Gasteiger partial charge in [0.2, 0.25) is 0 Å². The average molecular weight is 260 g/mol. The molecule has 0 saturated carbocycles. The molecule has 1 fully saturated rings. The van der Waals surface area contributed by atoms with Gasteiger partial charge in [-0.15, -0.1) is 0 Å². The Morgan fingerprint density at radius 3 is 2.41 bits per heavy atom. The van der Waals surface area contributed by atoms with Gasteiger partial charge < -0.3 is 25.4 Å². The van der Waals surface area contributed by atoms with Crippen LogP contribution in [0.15, 0.2) is 24.3 Å². The molecular weight excluding hydrogens is 246 g/mol. The van der Waals surface area contributed by atoms with Crippen molar-refractivity contribution >= 4 is 17.3 Å². The first-order valence-electron chi connectivity index (χ1n) is 5.26. The third kappa shape index (κ3) is 2.88. The Morgan fingerprint density at radius 1 is 1.12 bits per heavy atom. The molecule has 1 aromatic carbocycles. The van der Waals surface area contributed by atoms with Crippen LogP contribution in [-0.4, -0.2) is 46.5 Å². The fraction of sp³-hybridized carbons (Fsp3) is 0.455. The number of hydrogen-bond acceptors (Lipinski definition) is 5. The molecule has 1 aliphatic rings. The van der Waals surface area contributed by atoms with E-state index in [9.17, 15) is 15.3 Å². The second-order valence-corrected chi connectivity index (χ2v) is 4.39. The minimum Gasteiger partial charge on any atom is -0.388 e. The van der Waals surface area contributed by atoms with Gasteiger partial charge in [-0.2, -0.15) is 0 Å². The van der Waals surface area contributed by atoms with Gasteiger partial charge in [-0.05, 0) is 24.3 Å². The van der Waals surface area contributed by atoms with Crippen molar-refractivity contribution in [2.75, 3.05) is 11.9 Å². The molecule has 5 nitrogen and oxygen atoms in total. The molecule has 4 atom stereocenters. The lowest BCUT2D eigenvalue weighted by Crippen LogP contribution is -2.55. The molecule has 94 valence electrons. The molecule has 1 aromatic rings. The van der Waals surface area contributed by atoms with E-state index in [-0.39, 0.29) is 6.61 Å². The second-order valence-electron chi connectivity index (χ2n) is 3.95. The number of hydrogen-bond donors (Lipinski definition) is 4. The van der Waals surface area contributed by atoms with Crippen molar-refractivity contribution in [1.82, 2.24) is 0 Å². The summed E-state index contributed by atoms with van der Waals surface area (Å²) in [6.45, 7) is -0.0243. The number of anilines is 1. The molecule has 4 unspecified atom stereocenters. The second kappa shape index (κ2) is 5.20. The van der Waals surface area contributed by atoms with Crippen LogP contribution in [0.5, 0.6) is 0 Å². The lowest BCUT2D eigenvalue weighted by Gasteiger charge is -2.35. The minimum atomic E-state index is -1.21. The zero-order valence-electron chi connectivity index (χ0n) is 8.95. The molecule has 0 bridgehead atoms. The summed E-state index contributed by atoms with van der Waals surface area (Å²) in [5.74, 6) is 0. The van der Waals surface area contributed by atoms with Gasteiger partial charge in [0.25, 0.3) is 0 Å². The van der Waals surface area contributed by atoms with Crippen LogP contribution in [0.1, 0.15) is 0 Å². The summed E-state index contributed by atoms with van der Waals surface area (Å²) in [7, 11) is 0. The predicted molar refractivity (Wildman–Crippen MR) is 62.8 cm³/mol. The molecule has 1 heterocycles. The maximum atomic E-state index is 9.70. The monoisotopic (exact) mass is 259 g/mol. The van der Waals surface area contributed by atoms with Gasteiger partial charge in [-0.1, -0.05) is 11.6 Å². The van der Waals surface area contributed by atoms with Crippen LogP contribution in [0, 0.1) is 0 Å². The summed E-state index contributed by atoms with van der Waals surface area (Å²) >= 11 is 5.74. The molecule has 0 spiro atoms. The smallest absolute Gasteiger partial charge is 0.156 e. The zero-order chi connectivity index (χ0) is 12.4. The summed E-state index contributed by atoms with van der Waals surface area (Å²) in [6.07, 6.45) is -4.22. The number of rotatable bonds is 2. The van der Waals surface area contributed by atoms with Gasteiger partial charge >= 0.3 is 0 Å². The van der Waals surface area contributed by atoms with Crippen molar-refractivity contribution in [3.05, 3.63) is 29.3 Å². The number of benzene rings is 1. The Hall–Kier alpha value is -0.850. The Balaban J connectivity index is 2.01. The van der Waals surface area contributed by atoms with E-state index in [0.29, 0.717) is 10.7 Å². The number of aliphatic hydroxyl groups excluding tert-OH is 3. The number of nitrogens with one attached hydrogen (secondary N) is 1. The van der Waals surface area contributed by atoms with Crippen molar-refractivity contribution in [3.8, 4) is 0 Å². The van der Waals surface area contributed by atoms with Crippen LogP contribution in [0.25, 0.3) is 0 Å². The fourth-order valence-electron chi connectivity index (χ4n) is 1.64. The first-order valence-corrected chi connectivity index (χ1v) is 5.63. The standard InChI is InChI=1S/C11H14ClNO4/c12-6-1-3-7(4-2-6)13-11-10(16)9(15)8(14)5-17-11/h1-4,8-11,13-16H,5H2. The number of halogens is 1. The third-order valence-corrected chi connectivity index (χ3v) is 2.91. The molecule has 1 aliphatic heterocycles. The van der Waals surface area contributed by atoms with Gasteiger partial charge in [0, 0.05) is 10.7 Å². The molecule has 17 heavy (non-hydrogen) atoms. The normalized spacial score (nSPS) is 33.4. The van der Waals surface area contributed by atoms with Crippen molar-refractivity contribution in [1.29, 1.82) is 0 Å². The summed E-state index contributed by atoms with van der Waals surface area (Å²) in [5.41, 5.74) is 0.710. The Bertz CT molecular complexity index is 372. The largest absolute Gasteiger partial charge is 0.388 e. The topological polar surface area (TPSA) is 82.0 Å². The van der Waals surface area contributed by atoms with Crippen molar-refractivity contribution in [2.45, 2.75) is 24.5 Å². The van der Waals surface area contributed by atoms with Crippen LogP contribution >= 0.6 is 11.6 Å². The lowest BCUT2D eigenvalue weighted by molar-refractivity contribution is -0.178. The average Bonchev–Trinajstić information content (AvgIpc) is 2.33. The van der Waals surface area contributed by atoms with Gasteiger partial charge in [0.15, 0.2) is 6.23 Å². The minimum absolute atomic E-state index is 0.0243. The molecule has 0 amide bonds. The predicted octanol–water partition coefficient (Wildman–Crippen LogP) is 0.191. The van der Waals surface area contributed by atoms with E-state index < -0.39 is 24.5 Å². The summed E-state index contributed by atoms with van der Waals surface area (Å²) in [5, 5.41) is 32.0. The summed E-state index contributed by atoms with van der Waals surface area (Å²) < 4.78 is 5.20.